The Morgan fingerprint density at radius 1 is 1.17 bits per heavy atom. The number of ether oxygens (including phenoxy) is 1. The number of carbonyl (C=O) groups excluding carboxylic acids is 1. The highest BCUT2D eigenvalue weighted by molar-refractivity contribution is 5.93. The summed E-state index contributed by atoms with van der Waals surface area (Å²) in [4.78, 5) is 22.3. The van der Waals surface area contributed by atoms with Crippen LogP contribution in [0.3, 0.4) is 0 Å². The second-order valence-corrected chi connectivity index (χ2v) is 5.90. The number of nitrogens with zero attached hydrogens (tertiary/aromatic N) is 2. The van der Waals surface area contributed by atoms with E-state index in [1.807, 2.05) is 0 Å². The number of nitrogens with one attached hydrogen (secondary N) is 1. The Bertz CT molecular complexity index is 1080. The summed E-state index contributed by atoms with van der Waals surface area (Å²) in [5, 5.41) is 27.7. The summed E-state index contributed by atoms with van der Waals surface area (Å²) in [5.74, 6) is -2.12. The third-order valence-electron chi connectivity index (χ3n) is 3.67. The molecule has 0 saturated heterocycles. The van der Waals surface area contributed by atoms with E-state index in [0.717, 1.165) is 18.2 Å². The molecular formula is C18H12F3N3O6. The zero-order valence-corrected chi connectivity index (χ0v) is 14.8. The van der Waals surface area contributed by atoms with Gasteiger partial charge in [0, 0.05) is 18.2 Å². The summed E-state index contributed by atoms with van der Waals surface area (Å²) < 4.78 is 47.3. The van der Waals surface area contributed by atoms with Crippen molar-refractivity contribution in [3.05, 3.63) is 53.1 Å². The van der Waals surface area contributed by atoms with Gasteiger partial charge < -0.3 is 24.8 Å². The lowest BCUT2D eigenvalue weighted by Gasteiger charge is -2.11. The first-order valence-corrected chi connectivity index (χ1v) is 8.15. The van der Waals surface area contributed by atoms with Crippen molar-refractivity contribution < 1.29 is 37.4 Å². The molecule has 30 heavy (non-hydrogen) atoms. The number of phenolic OH excluding ortho intramolecular Hbond substituents is 2. The number of benzene rings is 2. The maximum Gasteiger partial charge on any atom is 0.405 e. The Morgan fingerprint density at radius 3 is 2.50 bits per heavy atom. The van der Waals surface area contributed by atoms with E-state index in [0.29, 0.717) is 0 Å². The Morgan fingerprint density at radius 2 is 1.87 bits per heavy atom. The van der Waals surface area contributed by atoms with Crippen molar-refractivity contribution in [3.63, 3.8) is 0 Å². The molecule has 1 amide bonds. The molecule has 2 aromatic carbocycles. The van der Waals surface area contributed by atoms with Crippen LogP contribution in [-0.4, -0.2) is 34.0 Å². The molecule has 3 aromatic rings. The number of aromatic nitrogens is 1. The van der Waals surface area contributed by atoms with Gasteiger partial charge >= 0.3 is 6.18 Å². The van der Waals surface area contributed by atoms with Gasteiger partial charge in [-0.3, -0.25) is 4.79 Å². The van der Waals surface area contributed by atoms with E-state index in [1.165, 1.54) is 24.3 Å². The SMILES string of the molecule is O=Nc1ccc(Oc2cc(O)cc(O)c2-c2cc(C(=O)NCC(F)(F)F)no2)cc1. The number of aromatic hydroxyl groups is 2. The Balaban J connectivity index is 1.91. The number of amides is 1. The molecule has 0 aliphatic heterocycles. The maximum absolute atomic E-state index is 12.2. The van der Waals surface area contributed by atoms with Gasteiger partial charge in [0.05, 0.1) is 0 Å². The van der Waals surface area contributed by atoms with Crippen LogP contribution < -0.4 is 10.1 Å². The molecule has 0 bridgehead atoms. The molecule has 0 fully saturated rings. The van der Waals surface area contributed by atoms with E-state index in [2.05, 4.69) is 10.3 Å². The number of halogens is 3. The number of rotatable bonds is 6. The molecule has 3 rings (SSSR count). The molecule has 156 valence electrons. The monoisotopic (exact) mass is 423 g/mol. The average molecular weight is 423 g/mol. The molecule has 3 N–H and O–H groups in total. The first-order chi connectivity index (χ1) is 14.2. The normalized spacial score (nSPS) is 11.2. The van der Waals surface area contributed by atoms with Crippen molar-refractivity contribution in [2.45, 2.75) is 6.18 Å². The van der Waals surface area contributed by atoms with Gasteiger partial charge in [-0.15, -0.1) is 4.91 Å². The minimum Gasteiger partial charge on any atom is -0.508 e. The third-order valence-corrected chi connectivity index (χ3v) is 3.67. The van der Waals surface area contributed by atoms with Crippen LogP contribution >= 0.6 is 0 Å². The second-order valence-electron chi connectivity index (χ2n) is 5.90. The fourth-order valence-electron chi connectivity index (χ4n) is 2.39. The summed E-state index contributed by atoms with van der Waals surface area (Å²) >= 11 is 0. The van der Waals surface area contributed by atoms with Crippen molar-refractivity contribution in [3.8, 4) is 34.3 Å². The van der Waals surface area contributed by atoms with E-state index in [9.17, 15) is 33.1 Å². The van der Waals surface area contributed by atoms with Crippen molar-refractivity contribution in [2.24, 2.45) is 5.18 Å². The topological polar surface area (TPSA) is 134 Å². The van der Waals surface area contributed by atoms with Crippen LogP contribution in [0.5, 0.6) is 23.0 Å². The highest BCUT2D eigenvalue weighted by atomic mass is 19.4. The molecule has 1 aromatic heterocycles. The molecular weight excluding hydrogens is 411 g/mol. The van der Waals surface area contributed by atoms with Gasteiger partial charge in [-0.2, -0.15) is 13.2 Å². The molecule has 0 atom stereocenters. The standard InChI is InChI=1S/C18H12F3N3O6/c19-18(20,21)8-22-17(27)12-7-15(30-24-12)16-13(26)5-10(25)6-14(16)29-11-3-1-9(23-28)2-4-11/h1-7,25-26H,8H2,(H,22,27). The lowest BCUT2D eigenvalue weighted by molar-refractivity contribution is -0.123. The molecule has 0 aliphatic carbocycles. The lowest BCUT2D eigenvalue weighted by Crippen LogP contribution is -2.33. The Hall–Kier alpha value is -4.09. The van der Waals surface area contributed by atoms with Gasteiger partial charge in [-0.1, -0.05) is 5.16 Å². The van der Waals surface area contributed by atoms with Gasteiger partial charge in [0.25, 0.3) is 5.91 Å². The van der Waals surface area contributed by atoms with E-state index < -0.39 is 30.1 Å². The number of hydrogen-bond acceptors (Lipinski definition) is 8. The number of carbonyl (C=O) groups is 1. The Labute approximate surface area is 165 Å². The van der Waals surface area contributed by atoms with E-state index >= 15 is 0 Å². The van der Waals surface area contributed by atoms with Crippen molar-refractivity contribution in [1.29, 1.82) is 0 Å². The first kappa shape index (κ1) is 20.6. The molecule has 0 spiro atoms. The maximum atomic E-state index is 12.2. The fourth-order valence-corrected chi connectivity index (χ4v) is 2.39. The number of hydrogen-bond donors (Lipinski definition) is 3. The molecule has 0 radical (unpaired) electrons. The first-order valence-electron chi connectivity index (χ1n) is 8.15. The smallest absolute Gasteiger partial charge is 0.405 e. The van der Waals surface area contributed by atoms with E-state index in [4.69, 9.17) is 9.26 Å². The van der Waals surface area contributed by atoms with Crippen LogP contribution in [0, 0.1) is 4.91 Å². The number of nitroso groups, excluding NO2 is 1. The van der Waals surface area contributed by atoms with Gasteiger partial charge in [0.2, 0.25) is 0 Å². The summed E-state index contributed by atoms with van der Waals surface area (Å²) in [6, 6.07) is 8.63. The molecule has 12 heteroatoms. The Kier molecular flexibility index (Phi) is 5.58. The molecule has 0 unspecified atom stereocenters. The lowest BCUT2D eigenvalue weighted by atomic mass is 10.1. The van der Waals surface area contributed by atoms with Crippen LogP contribution in [0.1, 0.15) is 10.5 Å². The summed E-state index contributed by atoms with van der Waals surface area (Å²) in [6.45, 7) is -1.56. The minimum absolute atomic E-state index is 0.113. The van der Waals surface area contributed by atoms with Crippen molar-refractivity contribution >= 4 is 11.6 Å². The van der Waals surface area contributed by atoms with Crippen molar-refractivity contribution in [2.75, 3.05) is 6.54 Å². The molecule has 1 heterocycles. The summed E-state index contributed by atoms with van der Waals surface area (Å²) in [7, 11) is 0. The molecule has 0 aliphatic rings. The highest BCUT2D eigenvalue weighted by Crippen LogP contribution is 2.43. The number of alkyl halides is 3. The fraction of sp³-hybridized carbons (Fsp3) is 0.111. The summed E-state index contributed by atoms with van der Waals surface area (Å²) in [5.41, 5.74) is -0.437. The predicted octanol–water partition coefficient (Wildman–Crippen LogP) is 4.24. The highest BCUT2D eigenvalue weighted by Gasteiger charge is 2.29. The van der Waals surface area contributed by atoms with Crippen LogP contribution in [-0.2, 0) is 0 Å². The molecule has 9 nitrogen and oxygen atoms in total. The van der Waals surface area contributed by atoms with Crippen molar-refractivity contribution in [1.82, 2.24) is 10.5 Å². The van der Waals surface area contributed by atoms with Crippen LogP contribution in [0.4, 0.5) is 18.9 Å². The third kappa shape index (κ3) is 4.84. The van der Waals surface area contributed by atoms with Gasteiger partial charge in [-0.05, 0) is 29.4 Å². The van der Waals surface area contributed by atoms with Gasteiger partial charge in [0.15, 0.2) is 11.5 Å². The van der Waals surface area contributed by atoms with E-state index in [-0.39, 0.29) is 34.3 Å². The predicted molar refractivity (Wildman–Crippen MR) is 95.6 cm³/mol. The average Bonchev–Trinajstić information content (AvgIpc) is 3.15. The van der Waals surface area contributed by atoms with Crippen LogP contribution in [0.25, 0.3) is 11.3 Å². The summed E-state index contributed by atoms with van der Waals surface area (Å²) in [6.07, 6.45) is -4.60. The molecule has 0 saturated carbocycles. The zero-order valence-electron chi connectivity index (χ0n) is 14.8. The number of phenols is 2. The van der Waals surface area contributed by atoms with E-state index in [1.54, 1.807) is 5.32 Å². The largest absolute Gasteiger partial charge is 0.508 e. The van der Waals surface area contributed by atoms with Gasteiger partial charge in [-0.25, -0.2) is 0 Å². The van der Waals surface area contributed by atoms with Gasteiger partial charge in [0.1, 0.15) is 40.8 Å². The minimum atomic E-state index is -4.60. The quantitative estimate of drug-likeness (QED) is 0.505. The zero-order chi connectivity index (χ0) is 21.9. The second kappa shape index (κ2) is 8.11. The van der Waals surface area contributed by atoms with Crippen LogP contribution in [0.15, 0.2) is 52.2 Å². The van der Waals surface area contributed by atoms with Crippen LogP contribution in [0.2, 0.25) is 0 Å².